The van der Waals surface area contributed by atoms with E-state index >= 15 is 0 Å². The first kappa shape index (κ1) is 21.9. The van der Waals surface area contributed by atoms with Crippen LogP contribution in [-0.2, 0) is 4.79 Å². The molecule has 3 aromatic rings. The van der Waals surface area contributed by atoms with Crippen LogP contribution in [0, 0.1) is 5.92 Å². The van der Waals surface area contributed by atoms with Crippen LogP contribution in [0.3, 0.4) is 0 Å². The van der Waals surface area contributed by atoms with E-state index in [1.807, 2.05) is 67.5 Å². The number of nitrogens with one attached hydrogen (secondary N) is 2. The molecule has 2 aromatic carbocycles. The van der Waals surface area contributed by atoms with Gasteiger partial charge in [-0.15, -0.1) is 0 Å². The number of fused-ring (bicyclic) bond motifs is 1. The molecule has 7 nitrogen and oxygen atoms in total. The SMILES string of the molecule is CN(C)c1nc(NC2CCC(CNC(=O)COc3ccccc3)CC2)nc2ccccc12. The summed E-state index contributed by atoms with van der Waals surface area (Å²) in [5.74, 6) is 2.73. The van der Waals surface area contributed by atoms with Gasteiger partial charge in [0.25, 0.3) is 5.91 Å². The van der Waals surface area contributed by atoms with E-state index < -0.39 is 0 Å². The van der Waals surface area contributed by atoms with Gasteiger partial charge in [0.2, 0.25) is 5.95 Å². The normalized spacial score (nSPS) is 18.2. The van der Waals surface area contributed by atoms with Crippen LogP contribution >= 0.6 is 0 Å². The molecule has 32 heavy (non-hydrogen) atoms. The van der Waals surface area contributed by atoms with Gasteiger partial charge in [0, 0.05) is 32.1 Å². The van der Waals surface area contributed by atoms with Crippen LogP contribution in [0.15, 0.2) is 54.6 Å². The molecular weight excluding hydrogens is 402 g/mol. The maximum absolute atomic E-state index is 12.1. The van der Waals surface area contributed by atoms with Gasteiger partial charge in [-0.1, -0.05) is 30.3 Å². The maximum atomic E-state index is 12.1. The smallest absolute Gasteiger partial charge is 0.257 e. The number of para-hydroxylation sites is 2. The molecule has 7 heteroatoms. The highest BCUT2D eigenvalue weighted by molar-refractivity contribution is 5.90. The van der Waals surface area contributed by atoms with Crippen LogP contribution in [0.5, 0.6) is 5.75 Å². The Hall–Kier alpha value is -3.35. The van der Waals surface area contributed by atoms with E-state index in [9.17, 15) is 4.79 Å². The predicted molar refractivity (Wildman–Crippen MR) is 128 cm³/mol. The minimum atomic E-state index is -0.0742. The van der Waals surface area contributed by atoms with Crippen molar-refractivity contribution in [1.82, 2.24) is 15.3 Å². The fourth-order valence-corrected chi connectivity index (χ4v) is 4.13. The van der Waals surface area contributed by atoms with Gasteiger partial charge < -0.3 is 20.3 Å². The van der Waals surface area contributed by atoms with Gasteiger partial charge in [0.05, 0.1) is 5.52 Å². The molecule has 0 bridgehead atoms. The van der Waals surface area contributed by atoms with Gasteiger partial charge in [-0.2, -0.15) is 4.98 Å². The van der Waals surface area contributed by atoms with Crippen LogP contribution in [0.1, 0.15) is 25.7 Å². The Morgan fingerprint density at radius 3 is 2.47 bits per heavy atom. The maximum Gasteiger partial charge on any atom is 0.257 e. The van der Waals surface area contributed by atoms with E-state index in [0.717, 1.165) is 42.4 Å². The van der Waals surface area contributed by atoms with Crippen molar-refractivity contribution in [3.63, 3.8) is 0 Å². The minimum absolute atomic E-state index is 0.0500. The molecule has 1 fully saturated rings. The highest BCUT2D eigenvalue weighted by atomic mass is 16.5. The number of carbonyl (C=O) groups is 1. The number of ether oxygens (including phenoxy) is 1. The van der Waals surface area contributed by atoms with E-state index in [1.54, 1.807) is 0 Å². The summed E-state index contributed by atoms with van der Waals surface area (Å²) < 4.78 is 5.51. The highest BCUT2D eigenvalue weighted by Crippen LogP contribution is 2.28. The Kier molecular flexibility index (Phi) is 7.04. The van der Waals surface area contributed by atoms with Crippen molar-refractivity contribution < 1.29 is 9.53 Å². The van der Waals surface area contributed by atoms with Gasteiger partial charge >= 0.3 is 0 Å². The van der Waals surface area contributed by atoms with Gasteiger partial charge in [-0.25, -0.2) is 4.98 Å². The van der Waals surface area contributed by atoms with E-state index in [2.05, 4.69) is 16.7 Å². The summed E-state index contributed by atoms with van der Waals surface area (Å²) >= 11 is 0. The third-order valence-corrected chi connectivity index (χ3v) is 5.89. The third-order valence-electron chi connectivity index (χ3n) is 5.89. The quantitative estimate of drug-likeness (QED) is 0.562. The lowest BCUT2D eigenvalue weighted by Gasteiger charge is -2.29. The summed E-state index contributed by atoms with van der Waals surface area (Å²) in [4.78, 5) is 23.6. The fraction of sp³-hybridized carbons (Fsp3) is 0.400. The summed E-state index contributed by atoms with van der Waals surface area (Å²) in [5.41, 5.74) is 0.947. The average Bonchev–Trinajstić information content (AvgIpc) is 2.82. The second-order valence-corrected chi connectivity index (χ2v) is 8.55. The molecule has 1 saturated carbocycles. The fourth-order valence-electron chi connectivity index (χ4n) is 4.13. The number of anilines is 2. The van der Waals surface area contributed by atoms with Crippen molar-refractivity contribution in [3.05, 3.63) is 54.6 Å². The molecule has 2 N–H and O–H groups in total. The molecule has 0 unspecified atom stereocenters. The van der Waals surface area contributed by atoms with Crippen LogP contribution in [0.25, 0.3) is 10.9 Å². The Balaban J connectivity index is 1.24. The summed E-state index contributed by atoms with van der Waals surface area (Å²) in [6, 6.07) is 17.8. The number of carbonyl (C=O) groups excluding carboxylic acids is 1. The van der Waals surface area contributed by atoms with Crippen molar-refractivity contribution in [2.45, 2.75) is 31.7 Å². The van der Waals surface area contributed by atoms with Crippen molar-refractivity contribution in [2.24, 2.45) is 5.92 Å². The molecule has 168 valence electrons. The molecule has 1 aliphatic rings. The van der Waals surface area contributed by atoms with Crippen LogP contribution in [-0.4, -0.2) is 49.2 Å². The topological polar surface area (TPSA) is 79.4 Å². The Morgan fingerprint density at radius 2 is 1.72 bits per heavy atom. The predicted octanol–water partition coefficient (Wildman–Crippen LogP) is 3.86. The molecular formula is C25H31N5O2. The van der Waals surface area contributed by atoms with Gasteiger partial charge in [-0.3, -0.25) is 4.79 Å². The second-order valence-electron chi connectivity index (χ2n) is 8.55. The van der Waals surface area contributed by atoms with Crippen molar-refractivity contribution in [1.29, 1.82) is 0 Å². The lowest BCUT2D eigenvalue weighted by Crippen LogP contribution is -2.36. The largest absolute Gasteiger partial charge is 0.484 e. The van der Waals surface area contributed by atoms with Gasteiger partial charge in [0.1, 0.15) is 11.6 Å². The lowest BCUT2D eigenvalue weighted by atomic mass is 9.86. The van der Waals surface area contributed by atoms with E-state index in [0.29, 0.717) is 30.2 Å². The molecule has 1 aromatic heterocycles. The van der Waals surface area contributed by atoms with E-state index in [-0.39, 0.29) is 12.5 Å². The number of benzene rings is 2. The first-order valence-corrected chi connectivity index (χ1v) is 11.2. The van der Waals surface area contributed by atoms with Crippen LogP contribution in [0.2, 0.25) is 0 Å². The summed E-state index contributed by atoms with van der Waals surface area (Å²) in [7, 11) is 4.01. The number of amides is 1. The zero-order valence-corrected chi connectivity index (χ0v) is 18.8. The average molecular weight is 434 g/mol. The zero-order valence-electron chi connectivity index (χ0n) is 18.8. The summed E-state index contributed by atoms with van der Waals surface area (Å²) in [5, 5.41) is 7.60. The number of hydrogen-bond acceptors (Lipinski definition) is 6. The molecule has 0 aliphatic heterocycles. The van der Waals surface area contributed by atoms with E-state index in [4.69, 9.17) is 14.7 Å². The van der Waals surface area contributed by atoms with Crippen LogP contribution in [0.4, 0.5) is 11.8 Å². The van der Waals surface area contributed by atoms with Crippen molar-refractivity contribution in [3.8, 4) is 5.75 Å². The number of nitrogens with zero attached hydrogens (tertiary/aromatic N) is 3. The molecule has 0 radical (unpaired) electrons. The number of hydrogen-bond donors (Lipinski definition) is 2. The molecule has 0 saturated heterocycles. The van der Waals surface area contributed by atoms with Crippen LogP contribution < -0.4 is 20.3 Å². The summed E-state index contributed by atoms with van der Waals surface area (Å²) in [6.45, 7) is 0.745. The zero-order chi connectivity index (χ0) is 22.3. The van der Waals surface area contributed by atoms with Crippen molar-refractivity contribution >= 4 is 28.6 Å². The molecule has 0 spiro atoms. The minimum Gasteiger partial charge on any atom is -0.484 e. The highest BCUT2D eigenvalue weighted by Gasteiger charge is 2.22. The summed E-state index contributed by atoms with van der Waals surface area (Å²) in [6.07, 6.45) is 4.19. The Bertz CT molecular complexity index is 1030. The van der Waals surface area contributed by atoms with E-state index in [1.165, 1.54) is 0 Å². The standard InChI is InChI=1S/C25H31N5O2/c1-30(2)24-21-10-6-7-11-22(21)28-25(29-24)27-19-14-12-18(13-15-19)16-26-23(31)17-32-20-8-4-3-5-9-20/h3-11,18-19H,12-17H2,1-2H3,(H,26,31)(H,27,28,29). The first-order chi connectivity index (χ1) is 15.6. The van der Waals surface area contributed by atoms with Crippen molar-refractivity contribution in [2.75, 3.05) is 37.5 Å². The monoisotopic (exact) mass is 433 g/mol. The number of aromatic nitrogens is 2. The molecule has 1 heterocycles. The first-order valence-electron chi connectivity index (χ1n) is 11.2. The Morgan fingerprint density at radius 1 is 1.00 bits per heavy atom. The second kappa shape index (κ2) is 10.3. The van der Waals surface area contributed by atoms with Gasteiger partial charge in [-0.05, 0) is 55.9 Å². The molecule has 0 atom stereocenters. The number of rotatable bonds is 8. The third kappa shape index (κ3) is 5.66. The van der Waals surface area contributed by atoms with Gasteiger partial charge in [0.15, 0.2) is 6.61 Å². The molecule has 1 aliphatic carbocycles. The lowest BCUT2D eigenvalue weighted by molar-refractivity contribution is -0.123. The molecule has 4 rings (SSSR count). The Labute approximate surface area is 189 Å². The molecule has 1 amide bonds.